The summed E-state index contributed by atoms with van der Waals surface area (Å²) < 4.78 is 5.18. The lowest BCUT2D eigenvalue weighted by Crippen LogP contribution is -2.17. The van der Waals surface area contributed by atoms with E-state index >= 15 is 0 Å². The average Bonchev–Trinajstić information content (AvgIpc) is 3.16. The van der Waals surface area contributed by atoms with Gasteiger partial charge in [-0.25, -0.2) is 0 Å². The second kappa shape index (κ2) is 6.04. The summed E-state index contributed by atoms with van der Waals surface area (Å²) >= 11 is 0. The molecule has 0 spiro atoms. The third kappa shape index (κ3) is 2.64. The van der Waals surface area contributed by atoms with Gasteiger partial charge in [0, 0.05) is 41.4 Å². The molecule has 0 saturated carbocycles. The van der Waals surface area contributed by atoms with Crippen LogP contribution in [0.5, 0.6) is 5.75 Å². The Labute approximate surface area is 140 Å². The standard InChI is InChI=1S/C20H20N2O2/c1-24-16-7-4-14(5-8-16)19-13-20(23)17-12-15(6-9-18(17)21-19)22-10-2-3-11-22/h4-9,12-13H,2-3,10-11H2,1H3,(H,21,23). The van der Waals surface area contributed by atoms with Crippen molar-refractivity contribution in [3.05, 3.63) is 58.8 Å². The number of H-pyrrole nitrogens is 1. The van der Waals surface area contributed by atoms with Gasteiger partial charge in [0.25, 0.3) is 0 Å². The van der Waals surface area contributed by atoms with E-state index in [2.05, 4.69) is 16.0 Å². The van der Waals surface area contributed by atoms with Crippen molar-refractivity contribution in [1.29, 1.82) is 0 Å². The minimum atomic E-state index is 0.0515. The third-order valence-electron chi connectivity index (χ3n) is 4.69. The van der Waals surface area contributed by atoms with Gasteiger partial charge in [-0.1, -0.05) is 0 Å². The fraction of sp³-hybridized carbons (Fsp3) is 0.250. The molecule has 1 aromatic heterocycles. The first-order valence-corrected chi connectivity index (χ1v) is 8.31. The van der Waals surface area contributed by atoms with Crippen LogP contribution in [-0.2, 0) is 0 Å². The zero-order valence-electron chi connectivity index (χ0n) is 13.7. The molecule has 2 aromatic carbocycles. The molecule has 0 amide bonds. The summed E-state index contributed by atoms with van der Waals surface area (Å²) in [6, 6.07) is 15.5. The quantitative estimate of drug-likeness (QED) is 0.798. The van der Waals surface area contributed by atoms with Gasteiger partial charge >= 0.3 is 0 Å². The number of methoxy groups -OCH3 is 1. The van der Waals surface area contributed by atoms with E-state index in [0.29, 0.717) is 0 Å². The average molecular weight is 320 g/mol. The van der Waals surface area contributed by atoms with E-state index < -0.39 is 0 Å². The van der Waals surface area contributed by atoms with E-state index in [-0.39, 0.29) is 5.43 Å². The number of aromatic nitrogens is 1. The first-order valence-electron chi connectivity index (χ1n) is 8.31. The van der Waals surface area contributed by atoms with Crippen molar-refractivity contribution in [2.75, 3.05) is 25.1 Å². The van der Waals surface area contributed by atoms with Crippen molar-refractivity contribution >= 4 is 16.6 Å². The second-order valence-corrected chi connectivity index (χ2v) is 6.20. The molecule has 3 aromatic rings. The Morgan fingerprint density at radius 2 is 1.75 bits per heavy atom. The fourth-order valence-corrected chi connectivity index (χ4v) is 3.33. The molecule has 4 rings (SSSR count). The highest BCUT2D eigenvalue weighted by atomic mass is 16.5. The zero-order valence-corrected chi connectivity index (χ0v) is 13.7. The molecule has 4 nitrogen and oxygen atoms in total. The lowest BCUT2D eigenvalue weighted by atomic mass is 10.1. The Bertz CT molecular complexity index is 923. The number of aromatic amines is 1. The first-order chi connectivity index (χ1) is 11.7. The van der Waals surface area contributed by atoms with Crippen LogP contribution in [0.15, 0.2) is 53.3 Å². The predicted molar refractivity (Wildman–Crippen MR) is 98.0 cm³/mol. The molecule has 1 N–H and O–H groups in total. The lowest BCUT2D eigenvalue weighted by molar-refractivity contribution is 0.415. The first kappa shape index (κ1) is 14.8. The molecule has 24 heavy (non-hydrogen) atoms. The maximum Gasteiger partial charge on any atom is 0.190 e. The largest absolute Gasteiger partial charge is 0.497 e. The normalized spacial score (nSPS) is 14.3. The Balaban J connectivity index is 1.76. The fourth-order valence-electron chi connectivity index (χ4n) is 3.33. The van der Waals surface area contributed by atoms with Gasteiger partial charge < -0.3 is 14.6 Å². The SMILES string of the molecule is COc1ccc(-c2cc(=O)c3cc(N4CCCC4)ccc3[nH]2)cc1. The maximum absolute atomic E-state index is 12.6. The highest BCUT2D eigenvalue weighted by molar-refractivity contribution is 5.84. The van der Waals surface area contributed by atoms with E-state index in [9.17, 15) is 4.79 Å². The van der Waals surface area contributed by atoms with Crippen LogP contribution in [0.1, 0.15) is 12.8 Å². The molecule has 0 bridgehead atoms. The van der Waals surface area contributed by atoms with Crippen LogP contribution >= 0.6 is 0 Å². The minimum Gasteiger partial charge on any atom is -0.497 e. The number of pyridine rings is 1. The van der Waals surface area contributed by atoms with Gasteiger partial charge in [0.1, 0.15) is 5.75 Å². The smallest absolute Gasteiger partial charge is 0.190 e. The summed E-state index contributed by atoms with van der Waals surface area (Å²) in [4.78, 5) is 18.3. The minimum absolute atomic E-state index is 0.0515. The summed E-state index contributed by atoms with van der Waals surface area (Å²) in [5.74, 6) is 0.803. The van der Waals surface area contributed by atoms with E-state index in [1.165, 1.54) is 12.8 Å². The van der Waals surface area contributed by atoms with Gasteiger partial charge in [0.2, 0.25) is 0 Å². The van der Waals surface area contributed by atoms with Gasteiger partial charge in [0.05, 0.1) is 7.11 Å². The molecule has 0 aliphatic carbocycles. The molecular formula is C20H20N2O2. The summed E-state index contributed by atoms with van der Waals surface area (Å²) in [5.41, 5.74) is 3.86. The van der Waals surface area contributed by atoms with Crippen molar-refractivity contribution in [2.45, 2.75) is 12.8 Å². The van der Waals surface area contributed by atoms with Gasteiger partial charge in [-0.15, -0.1) is 0 Å². The van der Waals surface area contributed by atoms with Crippen molar-refractivity contribution < 1.29 is 4.74 Å². The lowest BCUT2D eigenvalue weighted by Gasteiger charge is -2.18. The number of rotatable bonds is 3. The highest BCUT2D eigenvalue weighted by Gasteiger charge is 2.13. The number of nitrogens with zero attached hydrogens (tertiary/aromatic N) is 1. The zero-order chi connectivity index (χ0) is 16.5. The van der Waals surface area contributed by atoms with E-state index in [4.69, 9.17) is 4.74 Å². The van der Waals surface area contributed by atoms with Crippen molar-refractivity contribution in [2.24, 2.45) is 0 Å². The number of ether oxygens (including phenoxy) is 1. The number of nitrogens with one attached hydrogen (secondary N) is 1. The molecule has 4 heteroatoms. The maximum atomic E-state index is 12.6. The van der Waals surface area contributed by atoms with Crippen LogP contribution in [0.3, 0.4) is 0 Å². The van der Waals surface area contributed by atoms with Crippen molar-refractivity contribution in [3.8, 4) is 17.0 Å². The van der Waals surface area contributed by atoms with Crippen LogP contribution < -0.4 is 15.1 Å². The molecule has 1 aliphatic heterocycles. The molecule has 122 valence electrons. The summed E-state index contributed by atoms with van der Waals surface area (Å²) in [6.07, 6.45) is 2.45. The van der Waals surface area contributed by atoms with E-state index in [1.807, 2.05) is 36.4 Å². The van der Waals surface area contributed by atoms with Crippen LogP contribution in [0.25, 0.3) is 22.2 Å². The number of hydrogen-bond donors (Lipinski definition) is 1. The van der Waals surface area contributed by atoms with Crippen LogP contribution in [0.2, 0.25) is 0 Å². The molecule has 2 heterocycles. The van der Waals surface area contributed by atoms with Crippen LogP contribution in [0, 0.1) is 0 Å². The molecule has 1 fully saturated rings. The van der Waals surface area contributed by atoms with Gasteiger partial charge in [-0.3, -0.25) is 4.79 Å². The Morgan fingerprint density at radius 3 is 2.46 bits per heavy atom. The highest BCUT2D eigenvalue weighted by Crippen LogP contribution is 2.25. The van der Waals surface area contributed by atoms with Crippen molar-refractivity contribution in [1.82, 2.24) is 4.98 Å². The molecule has 1 saturated heterocycles. The molecular weight excluding hydrogens is 300 g/mol. The summed E-state index contributed by atoms with van der Waals surface area (Å²) in [7, 11) is 1.64. The number of anilines is 1. The molecule has 0 radical (unpaired) electrons. The monoisotopic (exact) mass is 320 g/mol. The second-order valence-electron chi connectivity index (χ2n) is 6.20. The van der Waals surface area contributed by atoms with Gasteiger partial charge in [0.15, 0.2) is 5.43 Å². The third-order valence-corrected chi connectivity index (χ3v) is 4.69. The van der Waals surface area contributed by atoms with Crippen LogP contribution in [0.4, 0.5) is 5.69 Å². The van der Waals surface area contributed by atoms with Gasteiger partial charge in [-0.2, -0.15) is 0 Å². The number of fused-ring (bicyclic) bond motifs is 1. The molecule has 1 aliphatic rings. The molecule has 0 unspecified atom stereocenters. The van der Waals surface area contributed by atoms with Crippen LogP contribution in [-0.4, -0.2) is 25.2 Å². The number of hydrogen-bond acceptors (Lipinski definition) is 3. The van der Waals surface area contributed by atoms with Crippen molar-refractivity contribution in [3.63, 3.8) is 0 Å². The summed E-state index contributed by atoms with van der Waals surface area (Å²) in [6.45, 7) is 2.15. The summed E-state index contributed by atoms with van der Waals surface area (Å²) in [5, 5.41) is 0.747. The Morgan fingerprint density at radius 1 is 1.00 bits per heavy atom. The van der Waals surface area contributed by atoms with E-state index in [1.54, 1.807) is 13.2 Å². The Hall–Kier alpha value is -2.75. The predicted octanol–water partition coefficient (Wildman–Crippen LogP) is 3.80. The van der Waals surface area contributed by atoms with Gasteiger partial charge in [-0.05, 0) is 60.9 Å². The Kier molecular flexibility index (Phi) is 3.73. The van der Waals surface area contributed by atoms with E-state index in [0.717, 1.165) is 46.7 Å². The topological polar surface area (TPSA) is 45.3 Å². The number of benzene rings is 2. The molecule has 0 atom stereocenters.